The lowest BCUT2D eigenvalue weighted by Gasteiger charge is -2.45. The number of hydrogen-bond acceptors (Lipinski definition) is 3. The minimum atomic E-state index is 0.631. The normalized spacial score (nSPS) is 33.4. The van der Waals surface area contributed by atoms with E-state index in [1.54, 1.807) is 0 Å². The number of piperidine rings is 1. The molecule has 3 nitrogen and oxygen atoms in total. The summed E-state index contributed by atoms with van der Waals surface area (Å²) in [4.78, 5) is 5.46. The molecule has 2 saturated heterocycles. The van der Waals surface area contributed by atoms with Crippen LogP contribution in [-0.2, 0) is 0 Å². The smallest absolute Gasteiger partial charge is 0.0223 e. The lowest BCUT2D eigenvalue weighted by Crippen LogP contribution is -2.55. The van der Waals surface area contributed by atoms with Crippen LogP contribution in [0.2, 0.25) is 0 Å². The third-order valence-corrected chi connectivity index (χ3v) is 5.11. The van der Waals surface area contributed by atoms with Gasteiger partial charge in [-0.05, 0) is 50.6 Å². The third kappa shape index (κ3) is 2.67. The Balaban J connectivity index is 1.52. The number of nitrogens with two attached hydrogens (primary N) is 1. The summed E-state index contributed by atoms with van der Waals surface area (Å²) < 4.78 is 0. The summed E-state index contributed by atoms with van der Waals surface area (Å²) in [6, 6.07) is 0.867. The largest absolute Gasteiger partial charge is 0.330 e. The van der Waals surface area contributed by atoms with Crippen LogP contribution < -0.4 is 5.73 Å². The fourth-order valence-corrected chi connectivity index (χ4v) is 3.81. The molecule has 0 aromatic heterocycles. The molecule has 0 aromatic carbocycles. The summed E-state index contributed by atoms with van der Waals surface area (Å²) in [5.74, 6) is 0. The van der Waals surface area contributed by atoms with Crippen LogP contribution >= 0.6 is 0 Å². The molecule has 0 bridgehead atoms. The second-order valence-corrected chi connectivity index (χ2v) is 6.46. The van der Waals surface area contributed by atoms with Crippen molar-refractivity contribution in [3.05, 3.63) is 0 Å². The Kier molecular flexibility index (Phi) is 3.42. The van der Waals surface area contributed by atoms with E-state index in [-0.39, 0.29) is 0 Å². The first-order valence-electron chi connectivity index (χ1n) is 7.48. The van der Waals surface area contributed by atoms with Gasteiger partial charge in [-0.3, -0.25) is 9.80 Å². The second kappa shape index (κ2) is 4.87. The number of nitrogens with zero attached hydrogens (tertiary/aromatic N) is 2. The van der Waals surface area contributed by atoms with Crippen molar-refractivity contribution in [2.45, 2.75) is 44.6 Å². The van der Waals surface area contributed by atoms with Gasteiger partial charge in [-0.1, -0.05) is 6.42 Å². The fourth-order valence-electron chi connectivity index (χ4n) is 3.81. The molecule has 1 aliphatic carbocycles. The summed E-state index contributed by atoms with van der Waals surface area (Å²) in [7, 11) is 0. The molecule has 98 valence electrons. The van der Waals surface area contributed by atoms with Gasteiger partial charge in [0.25, 0.3) is 0 Å². The van der Waals surface area contributed by atoms with Gasteiger partial charge in [0, 0.05) is 32.2 Å². The molecule has 0 radical (unpaired) electrons. The Morgan fingerprint density at radius 1 is 1.12 bits per heavy atom. The fraction of sp³-hybridized carbons (Fsp3) is 1.00. The van der Waals surface area contributed by atoms with E-state index in [1.807, 2.05) is 0 Å². The van der Waals surface area contributed by atoms with E-state index in [0.717, 1.165) is 12.6 Å². The predicted octanol–water partition coefficient (Wildman–Crippen LogP) is 1.29. The van der Waals surface area contributed by atoms with Crippen molar-refractivity contribution in [2.75, 3.05) is 39.3 Å². The maximum atomic E-state index is 5.74. The highest BCUT2D eigenvalue weighted by atomic mass is 15.3. The van der Waals surface area contributed by atoms with Crippen LogP contribution in [0.1, 0.15) is 38.5 Å². The summed E-state index contributed by atoms with van der Waals surface area (Å²) in [5.41, 5.74) is 6.37. The highest BCUT2D eigenvalue weighted by Gasteiger charge is 2.43. The van der Waals surface area contributed by atoms with Crippen molar-refractivity contribution in [2.24, 2.45) is 11.1 Å². The lowest BCUT2D eigenvalue weighted by atomic mass is 9.97. The molecule has 3 aliphatic rings. The maximum Gasteiger partial charge on any atom is 0.0223 e. The van der Waals surface area contributed by atoms with Gasteiger partial charge in [0.05, 0.1) is 0 Å². The van der Waals surface area contributed by atoms with Crippen LogP contribution in [0.25, 0.3) is 0 Å². The Morgan fingerprint density at radius 3 is 2.76 bits per heavy atom. The lowest BCUT2D eigenvalue weighted by molar-refractivity contribution is 0.0387. The summed E-state index contributed by atoms with van der Waals surface area (Å²) >= 11 is 0. The van der Waals surface area contributed by atoms with Crippen molar-refractivity contribution in [3.63, 3.8) is 0 Å². The van der Waals surface area contributed by atoms with Crippen molar-refractivity contribution < 1.29 is 0 Å². The molecule has 1 atom stereocenters. The molecule has 0 aromatic rings. The van der Waals surface area contributed by atoms with Crippen LogP contribution in [0, 0.1) is 5.41 Å². The second-order valence-electron chi connectivity index (χ2n) is 6.46. The molecular weight excluding hydrogens is 210 g/mol. The van der Waals surface area contributed by atoms with Gasteiger partial charge >= 0.3 is 0 Å². The standard InChI is InChI=1S/C14H27N3/c15-7-6-14(4-5-14)12-16-9-10-17-8-2-1-3-13(17)11-16/h13H,1-12,15H2. The minimum absolute atomic E-state index is 0.631. The van der Waals surface area contributed by atoms with Gasteiger partial charge in [-0.2, -0.15) is 0 Å². The Hall–Kier alpha value is -0.120. The molecule has 0 amide bonds. The van der Waals surface area contributed by atoms with Crippen LogP contribution in [0.3, 0.4) is 0 Å². The number of hydrogen-bond donors (Lipinski definition) is 1. The SMILES string of the molecule is NCCC1(CN2CCN3CCCCC3C2)CC1. The molecule has 17 heavy (non-hydrogen) atoms. The first kappa shape index (κ1) is 11.9. The average Bonchev–Trinajstić information content (AvgIpc) is 3.09. The van der Waals surface area contributed by atoms with Crippen molar-refractivity contribution in [1.82, 2.24) is 9.80 Å². The van der Waals surface area contributed by atoms with Crippen LogP contribution in [0.5, 0.6) is 0 Å². The molecule has 3 fully saturated rings. The monoisotopic (exact) mass is 237 g/mol. The van der Waals surface area contributed by atoms with Gasteiger partial charge in [0.2, 0.25) is 0 Å². The van der Waals surface area contributed by atoms with Gasteiger partial charge in [0.15, 0.2) is 0 Å². The van der Waals surface area contributed by atoms with Gasteiger partial charge in [-0.25, -0.2) is 0 Å². The molecule has 0 spiro atoms. The maximum absolute atomic E-state index is 5.74. The quantitative estimate of drug-likeness (QED) is 0.799. The van der Waals surface area contributed by atoms with E-state index in [9.17, 15) is 0 Å². The zero-order valence-electron chi connectivity index (χ0n) is 11.0. The van der Waals surface area contributed by atoms with E-state index in [1.165, 1.54) is 71.2 Å². The molecule has 2 heterocycles. The van der Waals surface area contributed by atoms with E-state index in [2.05, 4.69) is 9.80 Å². The molecular formula is C14H27N3. The number of fused-ring (bicyclic) bond motifs is 1. The molecule has 1 unspecified atom stereocenters. The zero-order valence-corrected chi connectivity index (χ0v) is 11.0. The minimum Gasteiger partial charge on any atom is -0.330 e. The van der Waals surface area contributed by atoms with E-state index in [0.29, 0.717) is 5.41 Å². The van der Waals surface area contributed by atoms with E-state index >= 15 is 0 Å². The molecule has 3 heteroatoms. The Bertz CT molecular complexity index is 262. The van der Waals surface area contributed by atoms with Crippen molar-refractivity contribution >= 4 is 0 Å². The Morgan fingerprint density at radius 2 is 2.00 bits per heavy atom. The third-order valence-electron chi connectivity index (χ3n) is 5.11. The number of rotatable bonds is 4. The van der Waals surface area contributed by atoms with Crippen LogP contribution in [-0.4, -0.2) is 55.1 Å². The predicted molar refractivity (Wildman–Crippen MR) is 71.0 cm³/mol. The number of piperazine rings is 1. The van der Waals surface area contributed by atoms with Crippen molar-refractivity contribution in [1.29, 1.82) is 0 Å². The summed E-state index contributed by atoms with van der Waals surface area (Å²) in [5, 5.41) is 0. The molecule has 3 rings (SSSR count). The topological polar surface area (TPSA) is 32.5 Å². The van der Waals surface area contributed by atoms with Crippen molar-refractivity contribution in [3.8, 4) is 0 Å². The van der Waals surface area contributed by atoms with E-state index in [4.69, 9.17) is 5.73 Å². The van der Waals surface area contributed by atoms with Crippen LogP contribution in [0.4, 0.5) is 0 Å². The average molecular weight is 237 g/mol. The highest BCUT2D eigenvalue weighted by molar-refractivity contribution is 4.97. The first-order valence-corrected chi connectivity index (χ1v) is 7.48. The first-order chi connectivity index (χ1) is 8.31. The summed E-state index contributed by atoms with van der Waals surface area (Å²) in [6.45, 7) is 7.49. The summed E-state index contributed by atoms with van der Waals surface area (Å²) in [6.07, 6.45) is 8.40. The Labute approximate surface area is 105 Å². The van der Waals surface area contributed by atoms with E-state index < -0.39 is 0 Å². The van der Waals surface area contributed by atoms with Gasteiger partial charge in [-0.15, -0.1) is 0 Å². The molecule has 1 saturated carbocycles. The van der Waals surface area contributed by atoms with Gasteiger partial charge in [0.1, 0.15) is 0 Å². The highest BCUT2D eigenvalue weighted by Crippen LogP contribution is 2.49. The van der Waals surface area contributed by atoms with Gasteiger partial charge < -0.3 is 5.73 Å². The molecule has 2 aliphatic heterocycles. The molecule has 2 N–H and O–H groups in total. The zero-order chi connectivity index (χ0) is 11.7. The van der Waals surface area contributed by atoms with Crippen LogP contribution in [0.15, 0.2) is 0 Å².